The summed E-state index contributed by atoms with van der Waals surface area (Å²) < 4.78 is 21.1. The lowest BCUT2D eigenvalue weighted by Gasteiger charge is -2.16. The largest absolute Gasteiger partial charge is 0.376 e. The molecule has 3 heterocycles. The molecule has 1 aliphatic rings. The molecule has 10 heteroatoms. The first kappa shape index (κ1) is 21.3. The average molecular weight is 467 g/mol. The molecule has 1 N–H and O–H groups in total. The van der Waals surface area contributed by atoms with Crippen LogP contribution in [0.3, 0.4) is 0 Å². The topological polar surface area (TPSA) is 69.0 Å². The lowest BCUT2D eigenvalue weighted by Crippen LogP contribution is -2.24. The fourth-order valence-electron chi connectivity index (χ4n) is 3.16. The Morgan fingerprint density at radius 2 is 2.33 bits per heavy atom. The number of thioether (sulfide) groups is 1. The highest BCUT2D eigenvalue weighted by atomic mass is 35.5. The second-order valence-corrected chi connectivity index (χ2v) is 9.57. The highest BCUT2D eigenvalue weighted by Crippen LogP contribution is 2.31. The van der Waals surface area contributed by atoms with E-state index in [1.807, 2.05) is 22.1 Å². The van der Waals surface area contributed by atoms with Gasteiger partial charge in [-0.1, -0.05) is 29.4 Å². The number of hydrogen-bond acceptors (Lipinski definition) is 6. The van der Waals surface area contributed by atoms with Crippen molar-refractivity contribution in [2.45, 2.75) is 42.8 Å². The number of carbonyl (C=O) groups is 1. The van der Waals surface area contributed by atoms with Gasteiger partial charge in [-0.05, 0) is 49.4 Å². The zero-order valence-electron chi connectivity index (χ0n) is 16.2. The quantitative estimate of drug-likeness (QED) is 0.491. The number of carbonyl (C=O) groups excluding carboxylic acids is 1. The van der Waals surface area contributed by atoms with Crippen LogP contribution >= 0.6 is 34.7 Å². The van der Waals surface area contributed by atoms with Crippen molar-refractivity contribution < 1.29 is 13.9 Å². The monoisotopic (exact) mass is 466 g/mol. The molecule has 1 aromatic carbocycles. The summed E-state index contributed by atoms with van der Waals surface area (Å²) in [4.78, 5) is 13.7. The Labute approximate surface area is 186 Å². The highest BCUT2D eigenvalue weighted by molar-refractivity contribution is 8.00. The van der Waals surface area contributed by atoms with Crippen LogP contribution in [0.15, 0.2) is 40.9 Å². The van der Waals surface area contributed by atoms with E-state index in [0.29, 0.717) is 17.4 Å². The van der Waals surface area contributed by atoms with Crippen LogP contribution in [0.5, 0.6) is 0 Å². The van der Waals surface area contributed by atoms with Crippen LogP contribution in [-0.4, -0.2) is 38.6 Å². The summed E-state index contributed by atoms with van der Waals surface area (Å²) in [5.74, 6) is 0.0683. The van der Waals surface area contributed by atoms with Crippen LogP contribution in [0.25, 0.3) is 10.7 Å². The van der Waals surface area contributed by atoms with Gasteiger partial charge < -0.3 is 10.1 Å². The third-order valence-corrected chi connectivity index (χ3v) is 6.97. The number of anilines is 1. The summed E-state index contributed by atoms with van der Waals surface area (Å²) >= 11 is 8.93. The summed E-state index contributed by atoms with van der Waals surface area (Å²) in [5.41, 5.74) is 0.371. The number of hydrogen-bond donors (Lipinski definition) is 1. The Morgan fingerprint density at radius 1 is 1.47 bits per heavy atom. The van der Waals surface area contributed by atoms with Crippen LogP contribution in [0.1, 0.15) is 19.8 Å². The van der Waals surface area contributed by atoms with Crippen molar-refractivity contribution in [3.05, 3.63) is 46.6 Å². The van der Waals surface area contributed by atoms with Crippen LogP contribution in [-0.2, 0) is 16.1 Å². The van der Waals surface area contributed by atoms with Gasteiger partial charge >= 0.3 is 0 Å². The number of rotatable bonds is 7. The van der Waals surface area contributed by atoms with Crippen LogP contribution < -0.4 is 5.32 Å². The van der Waals surface area contributed by atoms with Crippen LogP contribution in [0.4, 0.5) is 10.1 Å². The SMILES string of the molecule is CC(Sc1nnc(-c2cccs2)n1CC1CCCO1)C(=O)Nc1ccc(F)cc1Cl. The van der Waals surface area contributed by atoms with Crippen LogP contribution in [0.2, 0.25) is 5.02 Å². The first-order valence-corrected chi connectivity index (χ1v) is 11.7. The van der Waals surface area contributed by atoms with Crippen molar-refractivity contribution in [3.63, 3.8) is 0 Å². The zero-order valence-corrected chi connectivity index (χ0v) is 18.6. The van der Waals surface area contributed by atoms with E-state index in [2.05, 4.69) is 15.5 Å². The lowest BCUT2D eigenvalue weighted by molar-refractivity contribution is -0.115. The Kier molecular flexibility index (Phi) is 6.72. The summed E-state index contributed by atoms with van der Waals surface area (Å²) in [6, 6.07) is 7.84. The molecule has 2 atom stereocenters. The van der Waals surface area contributed by atoms with E-state index in [1.165, 1.54) is 30.0 Å². The minimum Gasteiger partial charge on any atom is -0.376 e. The maximum Gasteiger partial charge on any atom is 0.237 e. The first-order chi connectivity index (χ1) is 14.5. The molecule has 0 radical (unpaired) electrons. The summed E-state index contributed by atoms with van der Waals surface area (Å²) in [6.07, 6.45) is 2.15. The minimum absolute atomic E-state index is 0.112. The number of nitrogens with one attached hydrogen (secondary N) is 1. The van der Waals surface area contributed by atoms with Crippen LogP contribution in [0, 0.1) is 5.82 Å². The second-order valence-electron chi connectivity index (χ2n) is 6.90. The zero-order chi connectivity index (χ0) is 21.1. The molecule has 158 valence electrons. The predicted molar refractivity (Wildman–Crippen MR) is 118 cm³/mol. The summed E-state index contributed by atoms with van der Waals surface area (Å²) in [7, 11) is 0. The Bertz CT molecular complexity index is 1020. The third kappa shape index (κ3) is 4.85. The molecule has 0 aliphatic carbocycles. The number of ether oxygens (including phenoxy) is 1. The molecule has 3 aromatic rings. The van der Waals surface area contributed by atoms with Gasteiger partial charge in [0.05, 0.1) is 33.5 Å². The normalized spacial score (nSPS) is 17.2. The minimum atomic E-state index is -0.463. The van der Waals surface area contributed by atoms with Gasteiger partial charge in [-0.25, -0.2) is 4.39 Å². The van der Waals surface area contributed by atoms with E-state index in [-0.39, 0.29) is 17.0 Å². The van der Waals surface area contributed by atoms with Crippen molar-refractivity contribution in [1.82, 2.24) is 14.8 Å². The van der Waals surface area contributed by atoms with E-state index < -0.39 is 11.1 Å². The molecule has 4 rings (SSSR count). The van der Waals surface area contributed by atoms with Gasteiger partial charge in [0.15, 0.2) is 11.0 Å². The number of benzene rings is 1. The number of aromatic nitrogens is 3. The molecule has 30 heavy (non-hydrogen) atoms. The molecular weight excluding hydrogens is 447 g/mol. The Balaban J connectivity index is 1.52. The van der Waals surface area contributed by atoms with Gasteiger partial charge in [0, 0.05) is 6.61 Å². The fourth-order valence-corrected chi connectivity index (χ4v) is 4.95. The number of nitrogens with zero attached hydrogens (tertiary/aromatic N) is 3. The molecule has 1 saturated heterocycles. The smallest absolute Gasteiger partial charge is 0.237 e. The molecule has 1 fully saturated rings. The number of thiophene rings is 1. The molecular formula is C20H20ClFN4O2S2. The van der Waals surface area contributed by atoms with Crippen molar-refractivity contribution in [1.29, 1.82) is 0 Å². The maximum atomic E-state index is 13.2. The molecule has 2 unspecified atom stereocenters. The highest BCUT2D eigenvalue weighted by Gasteiger charge is 2.25. The Morgan fingerprint density at radius 3 is 3.03 bits per heavy atom. The van der Waals surface area contributed by atoms with E-state index in [0.717, 1.165) is 30.2 Å². The Hall–Kier alpha value is -1.94. The molecule has 0 bridgehead atoms. The molecule has 1 aliphatic heterocycles. The average Bonchev–Trinajstić information content (AvgIpc) is 3.47. The van der Waals surface area contributed by atoms with Gasteiger partial charge in [-0.15, -0.1) is 21.5 Å². The summed E-state index contributed by atoms with van der Waals surface area (Å²) in [6.45, 7) is 3.19. The predicted octanol–water partition coefficient (Wildman–Crippen LogP) is 5.10. The molecule has 0 saturated carbocycles. The van der Waals surface area contributed by atoms with E-state index in [1.54, 1.807) is 18.3 Å². The number of halogens is 2. The van der Waals surface area contributed by atoms with E-state index in [9.17, 15) is 9.18 Å². The standard InChI is InChI=1S/C20H20ClFN4O2S2/c1-12(19(27)23-16-7-6-13(22)10-15(16)21)30-20-25-24-18(17-5-3-9-29-17)26(20)11-14-4-2-8-28-14/h3,5-7,9-10,12,14H,2,4,8,11H2,1H3,(H,23,27). The third-order valence-electron chi connectivity index (χ3n) is 4.71. The van der Waals surface area contributed by atoms with E-state index >= 15 is 0 Å². The number of amides is 1. The van der Waals surface area contributed by atoms with Gasteiger partial charge in [0.1, 0.15) is 5.82 Å². The van der Waals surface area contributed by atoms with Crippen molar-refractivity contribution >= 4 is 46.3 Å². The summed E-state index contributed by atoms with van der Waals surface area (Å²) in [5, 5.41) is 13.8. The van der Waals surface area contributed by atoms with Gasteiger partial charge in [-0.3, -0.25) is 9.36 Å². The molecule has 6 nitrogen and oxygen atoms in total. The second kappa shape index (κ2) is 9.47. The van der Waals surface area contributed by atoms with Gasteiger partial charge in [0.2, 0.25) is 5.91 Å². The molecule has 0 spiro atoms. The van der Waals surface area contributed by atoms with Gasteiger partial charge in [-0.2, -0.15) is 0 Å². The van der Waals surface area contributed by atoms with Crippen molar-refractivity contribution in [2.75, 3.05) is 11.9 Å². The van der Waals surface area contributed by atoms with Crippen molar-refractivity contribution in [2.24, 2.45) is 0 Å². The fraction of sp³-hybridized carbons (Fsp3) is 0.350. The first-order valence-electron chi connectivity index (χ1n) is 9.52. The molecule has 1 amide bonds. The maximum absolute atomic E-state index is 13.2. The van der Waals surface area contributed by atoms with E-state index in [4.69, 9.17) is 16.3 Å². The molecule has 2 aromatic heterocycles. The van der Waals surface area contributed by atoms with Gasteiger partial charge in [0.25, 0.3) is 0 Å². The van der Waals surface area contributed by atoms with Crippen molar-refractivity contribution in [3.8, 4) is 10.7 Å². The lowest BCUT2D eigenvalue weighted by atomic mass is 10.2.